The second kappa shape index (κ2) is 8.95. The molecule has 3 heteroatoms. The number of halogens is 1. The van der Waals surface area contributed by atoms with Crippen molar-refractivity contribution >= 4 is 0 Å². The highest BCUT2D eigenvalue weighted by Gasteiger charge is 2.00. The van der Waals surface area contributed by atoms with Crippen LogP contribution in [0.2, 0.25) is 0 Å². The van der Waals surface area contributed by atoms with Gasteiger partial charge in [0.2, 0.25) is 6.33 Å². The number of rotatable bonds is 7. The van der Waals surface area contributed by atoms with E-state index in [0.29, 0.717) is 0 Å². The van der Waals surface area contributed by atoms with Gasteiger partial charge in [0, 0.05) is 0 Å². The number of hydrogen-bond donors (Lipinski definition) is 0. The summed E-state index contributed by atoms with van der Waals surface area (Å²) in [7, 11) is 0. The molecular weight excluding hydrogens is 299 g/mol. The molecule has 0 bridgehead atoms. The maximum Gasteiger partial charge on any atom is 0.244 e. The van der Waals surface area contributed by atoms with Crippen LogP contribution in [0.4, 0.5) is 0 Å². The highest BCUT2D eigenvalue weighted by atomic mass is 127. The van der Waals surface area contributed by atoms with Gasteiger partial charge in [-0.25, -0.2) is 9.13 Å². The molecule has 0 aromatic carbocycles. The van der Waals surface area contributed by atoms with E-state index in [1.165, 1.54) is 25.7 Å². The molecule has 1 rings (SSSR count). The first kappa shape index (κ1) is 14.7. The zero-order chi connectivity index (χ0) is 10.2. The van der Waals surface area contributed by atoms with Gasteiger partial charge in [-0.15, -0.1) is 0 Å². The van der Waals surface area contributed by atoms with Crippen LogP contribution in [-0.2, 0) is 13.1 Å². The molecule has 0 unspecified atom stereocenters. The minimum Gasteiger partial charge on any atom is -1.00 e. The number of unbranched alkanes of at least 4 members (excludes halogenated alkanes) is 3. The van der Waals surface area contributed by atoms with Crippen molar-refractivity contribution in [2.24, 2.45) is 0 Å². The Hall–Kier alpha value is -0.320. The minimum absolute atomic E-state index is 0. The summed E-state index contributed by atoms with van der Waals surface area (Å²) < 4.78 is 4.39. The van der Waals surface area contributed by atoms with Gasteiger partial charge in [0.05, 0.1) is 6.54 Å². The number of aromatic nitrogens is 2. The lowest BCUT2D eigenvalue weighted by atomic mass is 10.2. The molecular formula is C12H21IN2. The van der Waals surface area contributed by atoms with Crippen molar-refractivity contribution in [1.82, 2.24) is 4.57 Å². The normalized spacial score (nSPS) is 9.67. The van der Waals surface area contributed by atoms with Gasteiger partial charge in [0.25, 0.3) is 0 Å². The summed E-state index contributed by atoms with van der Waals surface area (Å²) in [5.74, 6) is 0. The molecule has 0 aliphatic carbocycles. The average Bonchev–Trinajstić information content (AvgIpc) is 2.61. The SMILES string of the molecule is C=CCn1cc[n+](CCCCCC)c1.[I-]. The summed E-state index contributed by atoms with van der Waals surface area (Å²) in [6.07, 6.45) is 13.6. The van der Waals surface area contributed by atoms with E-state index in [1.807, 2.05) is 6.08 Å². The molecule has 0 saturated heterocycles. The Kier molecular flexibility index (Phi) is 8.76. The first-order valence-corrected chi connectivity index (χ1v) is 5.52. The second-order valence-corrected chi connectivity index (χ2v) is 3.70. The van der Waals surface area contributed by atoms with Gasteiger partial charge in [0.1, 0.15) is 18.9 Å². The average molecular weight is 320 g/mol. The lowest BCUT2D eigenvalue weighted by Crippen LogP contribution is -3.00. The standard InChI is InChI=1S/C12H21N2.HI/c1-3-5-6-7-9-14-11-10-13(12-14)8-4-2;/h4,10-12H,2-3,5-9H2,1H3;1H/q+1;/p-1. The fourth-order valence-electron chi connectivity index (χ4n) is 1.55. The Morgan fingerprint density at radius 2 is 2.13 bits per heavy atom. The molecule has 15 heavy (non-hydrogen) atoms. The summed E-state index contributed by atoms with van der Waals surface area (Å²) in [5.41, 5.74) is 0. The highest BCUT2D eigenvalue weighted by Crippen LogP contribution is 1.98. The number of nitrogens with zero attached hydrogens (tertiary/aromatic N) is 2. The molecule has 0 atom stereocenters. The maximum absolute atomic E-state index is 3.72. The number of aryl methyl sites for hydroxylation is 1. The van der Waals surface area contributed by atoms with Crippen molar-refractivity contribution in [1.29, 1.82) is 0 Å². The molecule has 0 aliphatic rings. The van der Waals surface area contributed by atoms with E-state index in [2.05, 4.69) is 41.4 Å². The van der Waals surface area contributed by atoms with Crippen molar-refractivity contribution in [3.8, 4) is 0 Å². The molecule has 0 radical (unpaired) electrons. The second-order valence-electron chi connectivity index (χ2n) is 3.70. The van der Waals surface area contributed by atoms with Crippen molar-refractivity contribution in [3.05, 3.63) is 31.4 Å². The zero-order valence-corrected chi connectivity index (χ0v) is 11.7. The van der Waals surface area contributed by atoms with Crippen LogP contribution in [0.25, 0.3) is 0 Å². The van der Waals surface area contributed by atoms with Gasteiger partial charge >= 0.3 is 0 Å². The summed E-state index contributed by atoms with van der Waals surface area (Å²) in [6, 6.07) is 0. The van der Waals surface area contributed by atoms with E-state index in [9.17, 15) is 0 Å². The van der Waals surface area contributed by atoms with Crippen molar-refractivity contribution < 1.29 is 28.5 Å². The van der Waals surface area contributed by atoms with Gasteiger partial charge in [-0.3, -0.25) is 0 Å². The lowest BCUT2D eigenvalue weighted by Gasteiger charge is -1.95. The minimum atomic E-state index is 0. The van der Waals surface area contributed by atoms with Gasteiger partial charge in [-0.2, -0.15) is 0 Å². The van der Waals surface area contributed by atoms with Crippen LogP contribution < -0.4 is 28.5 Å². The molecule has 0 fully saturated rings. The molecule has 1 heterocycles. The van der Waals surface area contributed by atoms with Crippen LogP contribution >= 0.6 is 0 Å². The van der Waals surface area contributed by atoms with Crippen LogP contribution in [0.3, 0.4) is 0 Å². The fourth-order valence-corrected chi connectivity index (χ4v) is 1.55. The fraction of sp³-hybridized carbons (Fsp3) is 0.583. The maximum atomic E-state index is 3.72. The third-order valence-corrected chi connectivity index (χ3v) is 2.36. The van der Waals surface area contributed by atoms with Gasteiger partial charge in [0.15, 0.2) is 0 Å². The van der Waals surface area contributed by atoms with Crippen LogP contribution in [0.15, 0.2) is 31.4 Å². The van der Waals surface area contributed by atoms with E-state index in [4.69, 9.17) is 0 Å². The molecule has 0 amide bonds. The number of allylic oxidation sites excluding steroid dienone is 1. The van der Waals surface area contributed by atoms with Crippen molar-refractivity contribution in [3.63, 3.8) is 0 Å². The molecule has 1 aromatic rings. The zero-order valence-electron chi connectivity index (χ0n) is 9.53. The molecule has 0 saturated carbocycles. The Balaban J connectivity index is 0.00000196. The predicted octanol–water partition coefficient (Wildman–Crippen LogP) is -0.454. The van der Waals surface area contributed by atoms with Crippen LogP contribution in [-0.4, -0.2) is 4.57 Å². The summed E-state index contributed by atoms with van der Waals surface area (Å²) in [6.45, 7) is 8.01. The Morgan fingerprint density at radius 1 is 1.33 bits per heavy atom. The van der Waals surface area contributed by atoms with Crippen LogP contribution in [0.1, 0.15) is 32.6 Å². The van der Waals surface area contributed by atoms with Crippen LogP contribution in [0.5, 0.6) is 0 Å². The van der Waals surface area contributed by atoms with Gasteiger partial charge < -0.3 is 24.0 Å². The highest BCUT2D eigenvalue weighted by molar-refractivity contribution is 4.73. The van der Waals surface area contributed by atoms with E-state index < -0.39 is 0 Å². The third-order valence-electron chi connectivity index (χ3n) is 2.36. The summed E-state index contributed by atoms with van der Waals surface area (Å²) >= 11 is 0. The Labute approximate surface area is 110 Å². The Morgan fingerprint density at radius 3 is 2.80 bits per heavy atom. The first-order valence-electron chi connectivity index (χ1n) is 5.52. The van der Waals surface area contributed by atoms with E-state index in [1.54, 1.807) is 0 Å². The van der Waals surface area contributed by atoms with Crippen molar-refractivity contribution in [2.75, 3.05) is 0 Å². The predicted molar refractivity (Wildman–Crippen MR) is 59.0 cm³/mol. The molecule has 86 valence electrons. The summed E-state index contributed by atoms with van der Waals surface area (Å²) in [5, 5.41) is 0. The van der Waals surface area contributed by atoms with E-state index in [-0.39, 0.29) is 24.0 Å². The van der Waals surface area contributed by atoms with E-state index >= 15 is 0 Å². The summed E-state index contributed by atoms with van der Waals surface area (Å²) in [4.78, 5) is 0. The van der Waals surface area contributed by atoms with Gasteiger partial charge in [-0.05, 0) is 12.8 Å². The van der Waals surface area contributed by atoms with E-state index in [0.717, 1.165) is 13.1 Å². The Bertz CT molecular complexity index is 268. The molecule has 0 aliphatic heterocycles. The topological polar surface area (TPSA) is 8.81 Å². The van der Waals surface area contributed by atoms with Crippen molar-refractivity contribution in [2.45, 2.75) is 45.7 Å². The quantitative estimate of drug-likeness (QED) is 0.278. The monoisotopic (exact) mass is 320 g/mol. The van der Waals surface area contributed by atoms with Gasteiger partial charge in [-0.1, -0.05) is 32.4 Å². The lowest BCUT2D eigenvalue weighted by molar-refractivity contribution is -0.696. The smallest absolute Gasteiger partial charge is 0.244 e. The number of imidazole rings is 1. The molecule has 0 spiro atoms. The number of hydrogen-bond acceptors (Lipinski definition) is 0. The molecule has 0 N–H and O–H groups in total. The largest absolute Gasteiger partial charge is 1.00 e. The first-order chi connectivity index (χ1) is 6.86. The molecule has 2 nitrogen and oxygen atoms in total. The molecule has 1 aromatic heterocycles. The third kappa shape index (κ3) is 5.97. The van der Waals surface area contributed by atoms with Crippen LogP contribution in [0, 0.1) is 0 Å².